The molecule has 9 heteroatoms. The zero-order valence-electron chi connectivity index (χ0n) is 22.8. The topological polar surface area (TPSA) is 114 Å². The number of nitrogens with two attached hydrogens (primary N) is 1. The highest BCUT2D eigenvalue weighted by molar-refractivity contribution is 5.95. The van der Waals surface area contributed by atoms with E-state index >= 15 is 0 Å². The fourth-order valence-electron chi connectivity index (χ4n) is 5.63. The highest BCUT2D eigenvalue weighted by Gasteiger charge is 2.43. The van der Waals surface area contributed by atoms with Gasteiger partial charge in [-0.25, -0.2) is 0 Å². The molecule has 2 fully saturated rings. The molecule has 1 heterocycles. The molecule has 1 saturated carbocycles. The van der Waals surface area contributed by atoms with Gasteiger partial charge in [0.15, 0.2) is 0 Å². The highest BCUT2D eigenvalue weighted by atomic mass is 16.5. The smallest absolute Gasteiger partial charge is 0.254 e. The van der Waals surface area contributed by atoms with Crippen molar-refractivity contribution in [3.8, 4) is 5.75 Å². The van der Waals surface area contributed by atoms with Gasteiger partial charge < -0.3 is 30.3 Å². The minimum atomic E-state index is -0.639. The van der Waals surface area contributed by atoms with E-state index in [1.165, 1.54) is 7.11 Å². The molecule has 4 unspecified atom stereocenters. The van der Waals surface area contributed by atoms with Gasteiger partial charge in [0.25, 0.3) is 5.91 Å². The van der Waals surface area contributed by atoms with Crippen molar-refractivity contribution in [3.63, 3.8) is 0 Å². The minimum absolute atomic E-state index is 0.103. The molecule has 1 saturated heterocycles. The van der Waals surface area contributed by atoms with Gasteiger partial charge in [0.1, 0.15) is 18.4 Å². The number of hydrogen-bond acceptors (Lipinski definition) is 6. The van der Waals surface area contributed by atoms with Crippen LogP contribution in [0.25, 0.3) is 0 Å². The Bertz CT molecular complexity index is 906. The van der Waals surface area contributed by atoms with Crippen molar-refractivity contribution in [2.75, 3.05) is 47.0 Å². The van der Waals surface area contributed by atoms with Crippen LogP contribution in [0.1, 0.15) is 56.3 Å². The van der Waals surface area contributed by atoms with E-state index in [1.54, 1.807) is 36.3 Å². The normalized spacial score (nSPS) is 23.7. The summed E-state index contributed by atoms with van der Waals surface area (Å²) in [5.41, 5.74) is 6.43. The number of nitrogens with one attached hydrogen (secondary N) is 1. The summed E-state index contributed by atoms with van der Waals surface area (Å²) in [4.78, 5) is 43.3. The van der Waals surface area contributed by atoms with E-state index < -0.39 is 6.04 Å². The molecule has 3 N–H and O–H groups in total. The second-order valence-electron chi connectivity index (χ2n) is 10.8. The van der Waals surface area contributed by atoms with Gasteiger partial charge >= 0.3 is 0 Å². The summed E-state index contributed by atoms with van der Waals surface area (Å²) in [7, 11) is 3.05. The van der Waals surface area contributed by atoms with Gasteiger partial charge in [0, 0.05) is 32.3 Å². The number of carbonyl (C=O) groups excluding carboxylic acids is 3. The number of benzene rings is 1. The summed E-state index contributed by atoms with van der Waals surface area (Å²) in [5.74, 6) is 1.30. The third-order valence-electron chi connectivity index (χ3n) is 7.56. The Morgan fingerprint density at radius 3 is 2.43 bits per heavy atom. The van der Waals surface area contributed by atoms with E-state index in [-0.39, 0.29) is 36.3 Å². The Morgan fingerprint density at radius 1 is 1.11 bits per heavy atom. The number of ether oxygens (including phenoxy) is 2. The lowest BCUT2D eigenvalue weighted by Gasteiger charge is -2.31. The van der Waals surface area contributed by atoms with Gasteiger partial charge in [-0.05, 0) is 74.2 Å². The summed E-state index contributed by atoms with van der Waals surface area (Å²) in [6, 6.07) is 6.12. The largest absolute Gasteiger partial charge is 0.497 e. The SMILES string of the molecule is COCC(=O)N1CC(N(CC(C)C)C(=O)c2ccc(OC)cc2)CC1C(=O)NCC1CCCC(CN)C1. The van der Waals surface area contributed by atoms with Crippen molar-refractivity contribution in [2.45, 2.75) is 58.0 Å². The van der Waals surface area contributed by atoms with E-state index in [4.69, 9.17) is 15.2 Å². The predicted molar refractivity (Wildman–Crippen MR) is 142 cm³/mol. The van der Waals surface area contributed by atoms with E-state index in [9.17, 15) is 14.4 Å². The Hall–Kier alpha value is -2.65. The van der Waals surface area contributed by atoms with Crippen LogP contribution in [-0.4, -0.2) is 86.6 Å². The quantitative estimate of drug-likeness (QED) is 0.467. The molecule has 2 aliphatic rings. The first-order valence-electron chi connectivity index (χ1n) is 13.5. The molecular weight excluding hydrogens is 472 g/mol. The van der Waals surface area contributed by atoms with E-state index in [0.29, 0.717) is 55.7 Å². The van der Waals surface area contributed by atoms with Crippen LogP contribution in [0.5, 0.6) is 5.75 Å². The zero-order valence-corrected chi connectivity index (χ0v) is 22.8. The van der Waals surface area contributed by atoms with Crippen LogP contribution in [0.2, 0.25) is 0 Å². The van der Waals surface area contributed by atoms with Gasteiger partial charge in [0.2, 0.25) is 11.8 Å². The van der Waals surface area contributed by atoms with Crippen molar-refractivity contribution >= 4 is 17.7 Å². The molecule has 9 nitrogen and oxygen atoms in total. The first kappa shape index (κ1) is 28.9. The van der Waals surface area contributed by atoms with Crippen molar-refractivity contribution in [1.29, 1.82) is 0 Å². The number of likely N-dealkylation sites (tertiary alicyclic amines) is 1. The Kier molecular flexibility index (Phi) is 10.8. The van der Waals surface area contributed by atoms with Gasteiger partial charge in [-0.1, -0.05) is 20.3 Å². The Labute approximate surface area is 221 Å². The predicted octanol–water partition coefficient (Wildman–Crippen LogP) is 2.29. The molecular formula is C28H44N4O5. The Balaban J connectivity index is 1.75. The standard InChI is InChI=1S/C28H44N4O5/c1-19(2)16-31(28(35)22-8-10-24(37-4)11-9-22)23-13-25(32(17-23)26(33)18-36-3)27(34)30-15-21-7-5-6-20(12-21)14-29/h8-11,19-21,23,25H,5-7,12-18,29H2,1-4H3,(H,30,34). The lowest BCUT2D eigenvalue weighted by Crippen LogP contribution is -2.48. The highest BCUT2D eigenvalue weighted by Crippen LogP contribution is 2.29. The molecule has 0 radical (unpaired) electrons. The molecule has 1 aromatic rings. The molecule has 3 amide bonds. The third kappa shape index (κ3) is 7.68. The fraction of sp³-hybridized carbons (Fsp3) is 0.679. The molecule has 206 valence electrons. The summed E-state index contributed by atoms with van der Waals surface area (Å²) in [5, 5.41) is 3.11. The van der Waals surface area contributed by atoms with E-state index in [1.807, 2.05) is 4.90 Å². The Morgan fingerprint density at radius 2 is 1.81 bits per heavy atom. The second kappa shape index (κ2) is 13.8. The maximum atomic E-state index is 13.6. The number of carbonyl (C=O) groups is 3. The fourth-order valence-corrected chi connectivity index (χ4v) is 5.63. The van der Waals surface area contributed by atoms with Crippen molar-refractivity contribution < 1.29 is 23.9 Å². The van der Waals surface area contributed by atoms with Crippen LogP contribution < -0.4 is 15.8 Å². The summed E-state index contributed by atoms with van der Waals surface area (Å²) in [6.07, 6.45) is 4.78. The summed E-state index contributed by atoms with van der Waals surface area (Å²) < 4.78 is 10.3. The first-order valence-corrected chi connectivity index (χ1v) is 13.5. The molecule has 3 rings (SSSR count). The molecule has 1 aliphatic carbocycles. The number of nitrogens with zero attached hydrogens (tertiary/aromatic N) is 2. The zero-order chi connectivity index (χ0) is 26.9. The van der Waals surface area contributed by atoms with Crippen LogP contribution in [0.4, 0.5) is 0 Å². The molecule has 0 aromatic heterocycles. The van der Waals surface area contributed by atoms with Crippen LogP contribution >= 0.6 is 0 Å². The first-order chi connectivity index (χ1) is 17.8. The van der Waals surface area contributed by atoms with Crippen molar-refractivity contribution in [2.24, 2.45) is 23.5 Å². The monoisotopic (exact) mass is 516 g/mol. The second-order valence-corrected chi connectivity index (χ2v) is 10.8. The third-order valence-corrected chi connectivity index (χ3v) is 7.56. The van der Waals surface area contributed by atoms with Gasteiger partial charge in [0.05, 0.1) is 13.2 Å². The van der Waals surface area contributed by atoms with Crippen LogP contribution in [0.3, 0.4) is 0 Å². The summed E-state index contributed by atoms with van der Waals surface area (Å²) >= 11 is 0. The van der Waals surface area contributed by atoms with Gasteiger partial charge in [-0.15, -0.1) is 0 Å². The maximum absolute atomic E-state index is 13.6. The molecule has 1 aliphatic heterocycles. The van der Waals surface area contributed by atoms with E-state index in [2.05, 4.69) is 19.2 Å². The lowest BCUT2D eigenvalue weighted by atomic mass is 9.81. The molecule has 4 atom stereocenters. The molecule has 1 aromatic carbocycles. The number of amides is 3. The van der Waals surface area contributed by atoms with Crippen molar-refractivity contribution in [1.82, 2.24) is 15.1 Å². The van der Waals surface area contributed by atoms with Gasteiger partial charge in [-0.3, -0.25) is 14.4 Å². The molecule has 37 heavy (non-hydrogen) atoms. The lowest BCUT2D eigenvalue weighted by molar-refractivity contribution is -0.141. The van der Waals surface area contributed by atoms with Crippen molar-refractivity contribution in [3.05, 3.63) is 29.8 Å². The van der Waals surface area contributed by atoms with Gasteiger partial charge in [-0.2, -0.15) is 0 Å². The number of rotatable bonds is 11. The maximum Gasteiger partial charge on any atom is 0.254 e. The average Bonchev–Trinajstić information content (AvgIpc) is 3.36. The molecule has 0 bridgehead atoms. The summed E-state index contributed by atoms with van der Waals surface area (Å²) in [6.45, 7) is 6.10. The van der Waals surface area contributed by atoms with Crippen LogP contribution in [0.15, 0.2) is 24.3 Å². The number of hydrogen-bond donors (Lipinski definition) is 2. The van der Waals surface area contributed by atoms with E-state index in [0.717, 1.165) is 25.7 Å². The number of methoxy groups -OCH3 is 2. The molecule has 0 spiro atoms. The average molecular weight is 517 g/mol. The van der Waals surface area contributed by atoms with Crippen LogP contribution in [-0.2, 0) is 14.3 Å². The van der Waals surface area contributed by atoms with Crippen LogP contribution in [0, 0.1) is 17.8 Å². The minimum Gasteiger partial charge on any atom is -0.497 e.